The van der Waals surface area contributed by atoms with Crippen LogP contribution in [-0.4, -0.2) is 52.4 Å². The lowest BCUT2D eigenvalue weighted by Crippen LogP contribution is -2.52. The van der Waals surface area contributed by atoms with Crippen LogP contribution in [-0.2, 0) is 16.6 Å². The summed E-state index contributed by atoms with van der Waals surface area (Å²) in [4.78, 5) is 30.6. The largest absolute Gasteiger partial charge is 0.347 e. The number of amides is 2. The number of hydrogen-bond acceptors (Lipinski definition) is 4. The number of imidazole rings is 1. The molecule has 24 heavy (non-hydrogen) atoms. The Morgan fingerprint density at radius 1 is 1.42 bits per heavy atom. The van der Waals surface area contributed by atoms with Gasteiger partial charge >= 0.3 is 0 Å². The molecule has 0 saturated carbocycles. The summed E-state index contributed by atoms with van der Waals surface area (Å²) in [5.74, 6) is 0.697. The maximum atomic E-state index is 12.5. The Kier molecular flexibility index (Phi) is 7.23. The van der Waals surface area contributed by atoms with E-state index in [-0.39, 0.29) is 42.2 Å². The molecule has 2 rings (SSSR count). The van der Waals surface area contributed by atoms with Crippen molar-refractivity contribution in [2.24, 2.45) is 12.5 Å². The topological polar surface area (TPSA) is 79.3 Å². The lowest BCUT2D eigenvalue weighted by Gasteiger charge is -2.35. The zero-order valence-corrected chi connectivity index (χ0v) is 15.7. The van der Waals surface area contributed by atoms with E-state index >= 15 is 0 Å². The van der Waals surface area contributed by atoms with Crippen molar-refractivity contribution in [1.82, 2.24) is 25.1 Å². The van der Waals surface area contributed by atoms with Crippen LogP contribution in [0.25, 0.3) is 0 Å². The number of nitrogens with zero attached hydrogens (tertiary/aromatic N) is 3. The zero-order valence-electron chi connectivity index (χ0n) is 14.8. The first kappa shape index (κ1) is 20.4. The van der Waals surface area contributed by atoms with E-state index in [1.165, 1.54) is 0 Å². The van der Waals surface area contributed by atoms with Crippen LogP contribution in [0.2, 0.25) is 0 Å². The fourth-order valence-corrected chi connectivity index (χ4v) is 2.75. The lowest BCUT2D eigenvalue weighted by molar-refractivity contribution is -0.136. The monoisotopic (exact) mass is 357 g/mol. The van der Waals surface area contributed by atoms with Gasteiger partial charge in [0.2, 0.25) is 11.8 Å². The number of aryl methyl sites for hydroxylation is 1. The van der Waals surface area contributed by atoms with Crippen LogP contribution in [0.5, 0.6) is 0 Å². The number of aromatic nitrogens is 2. The molecule has 1 aromatic rings. The molecule has 1 fully saturated rings. The summed E-state index contributed by atoms with van der Waals surface area (Å²) in [5.41, 5.74) is -0.0856. The first-order chi connectivity index (χ1) is 10.8. The molecule has 1 unspecified atom stereocenters. The number of hydrogen-bond donors (Lipinski definition) is 2. The molecule has 2 amide bonds. The van der Waals surface area contributed by atoms with Crippen LogP contribution >= 0.6 is 12.4 Å². The van der Waals surface area contributed by atoms with E-state index in [2.05, 4.69) is 15.6 Å². The van der Waals surface area contributed by atoms with Crippen molar-refractivity contribution >= 4 is 24.2 Å². The summed E-state index contributed by atoms with van der Waals surface area (Å²) in [6.07, 6.45) is 4.01. The van der Waals surface area contributed by atoms with Gasteiger partial charge in [-0.2, -0.15) is 0 Å². The second-order valence-corrected chi connectivity index (χ2v) is 7.22. The highest BCUT2D eigenvalue weighted by molar-refractivity contribution is 5.85. The maximum absolute atomic E-state index is 12.5. The highest BCUT2D eigenvalue weighted by Gasteiger charge is 2.30. The number of halogens is 1. The van der Waals surface area contributed by atoms with Gasteiger partial charge in [-0.3, -0.25) is 9.59 Å². The molecule has 136 valence electrons. The normalized spacial score (nSPS) is 18.0. The first-order valence-electron chi connectivity index (χ1n) is 8.02. The average Bonchev–Trinajstić information content (AvgIpc) is 2.89. The molecule has 0 bridgehead atoms. The molecule has 0 aliphatic carbocycles. The molecule has 2 heterocycles. The third kappa shape index (κ3) is 5.49. The van der Waals surface area contributed by atoms with E-state index in [9.17, 15) is 9.59 Å². The van der Waals surface area contributed by atoms with Crippen molar-refractivity contribution in [2.75, 3.05) is 26.2 Å². The number of carbonyl (C=O) groups excluding carboxylic acids is 2. The molecule has 2 N–H and O–H groups in total. The van der Waals surface area contributed by atoms with E-state index in [1.807, 2.05) is 38.6 Å². The molecular formula is C16H28ClN5O2. The molecule has 7 nitrogen and oxygen atoms in total. The van der Waals surface area contributed by atoms with Crippen molar-refractivity contribution in [3.05, 3.63) is 18.2 Å². The highest BCUT2D eigenvalue weighted by atomic mass is 35.5. The summed E-state index contributed by atoms with van der Waals surface area (Å²) in [6.45, 7) is 8.09. The molecule has 1 aromatic heterocycles. The van der Waals surface area contributed by atoms with Crippen molar-refractivity contribution in [1.29, 1.82) is 0 Å². The minimum absolute atomic E-state index is 0. The number of carbonyl (C=O) groups is 2. The standard InChI is InChI=1S/C16H27N5O2.ClH/c1-16(2,3)9-13(22)19-11-14(23)21-8-5-17-10-12(21)15-18-6-7-20(15)4;/h6-7,12,17H,5,8-11H2,1-4H3,(H,19,22);1H. The predicted octanol–water partition coefficient (Wildman–Crippen LogP) is 0.867. The Morgan fingerprint density at radius 3 is 2.71 bits per heavy atom. The molecular weight excluding hydrogens is 330 g/mol. The van der Waals surface area contributed by atoms with Crippen LogP contribution in [0.4, 0.5) is 0 Å². The molecule has 1 aliphatic heterocycles. The van der Waals surface area contributed by atoms with Crippen molar-refractivity contribution in [2.45, 2.75) is 33.2 Å². The lowest BCUT2D eigenvalue weighted by atomic mass is 9.92. The van der Waals surface area contributed by atoms with Gasteiger partial charge in [0, 0.05) is 45.5 Å². The van der Waals surface area contributed by atoms with Crippen molar-refractivity contribution in [3.63, 3.8) is 0 Å². The summed E-state index contributed by atoms with van der Waals surface area (Å²) >= 11 is 0. The second-order valence-electron chi connectivity index (χ2n) is 7.22. The third-order valence-corrected chi connectivity index (χ3v) is 3.85. The van der Waals surface area contributed by atoms with Crippen LogP contribution in [0.15, 0.2) is 12.4 Å². The van der Waals surface area contributed by atoms with E-state index in [0.717, 1.165) is 12.4 Å². The molecule has 0 aromatic carbocycles. The molecule has 0 spiro atoms. The van der Waals surface area contributed by atoms with Crippen LogP contribution in [0.3, 0.4) is 0 Å². The molecule has 1 saturated heterocycles. The minimum atomic E-state index is -0.101. The van der Waals surface area contributed by atoms with Gasteiger partial charge in [0.1, 0.15) is 11.9 Å². The van der Waals surface area contributed by atoms with Crippen LogP contribution in [0.1, 0.15) is 39.1 Å². The van der Waals surface area contributed by atoms with Gasteiger partial charge in [-0.1, -0.05) is 20.8 Å². The van der Waals surface area contributed by atoms with Gasteiger partial charge in [-0.25, -0.2) is 4.98 Å². The minimum Gasteiger partial charge on any atom is -0.347 e. The Bertz CT molecular complexity index is 567. The fraction of sp³-hybridized carbons (Fsp3) is 0.688. The summed E-state index contributed by atoms with van der Waals surface area (Å²) in [7, 11) is 1.92. The fourth-order valence-electron chi connectivity index (χ4n) is 2.75. The Hall–Kier alpha value is -1.60. The zero-order chi connectivity index (χ0) is 17.0. The Labute approximate surface area is 149 Å². The maximum Gasteiger partial charge on any atom is 0.242 e. The van der Waals surface area contributed by atoms with Gasteiger partial charge in [0.25, 0.3) is 0 Å². The summed E-state index contributed by atoms with van der Waals surface area (Å²) in [5, 5.41) is 6.04. The number of piperazine rings is 1. The summed E-state index contributed by atoms with van der Waals surface area (Å²) < 4.78 is 1.93. The molecule has 8 heteroatoms. The van der Waals surface area contributed by atoms with Gasteiger partial charge in [0.15, 0.2) is 0 Å². The first-order valence-corrected chi connectivity index (χ1v) is 8.02. The van der Waals surface area contributed by atoms with Crippen molar-refractivity contribution in [3.8, 4) is 0 Å². The second kappa shape index (κ2) is 8.48. The highest BCUT2D eigenvalue weighted by Crippen LogP contribution is 2.20. The smallest absolute Gasteiger partial charge is 0.242 e. The number of rotatable bonds is 4. The van der Waals surface area contributed by atoms with Crippen LogP contribution < -0.4 is 10.6 Å². The predicted molar refractivity (Wildman–Crippen MR) is 94.9 cm³/mol. The van der Waals surface area contributed by atoms with E-state index in [0.29, 0.717) is 19.5 Å². The van der Waals surface area contributed by atoms with Gasteiger partial charge in [0.05, 0.1) is 6.54 Å². The van der Waals surface area contributed by atoms with Gasteiger partial charge in [-0.05, 0) is 5.41 Å². The summed E-state index contributed by atoms with van der Waals surface area (Å²) in [6, 6.07) is -0.101. The van der Waals surface area contributed by atoms with Gasteiger partial charge in [-0.15, -0.1) is 12.4 Å². The average molecular weight is 358 g/mol. The van der Waals surface area contributed by atoms with E-state index < -0.39 is 0 Å². The van der Waals surface area contributed by atoms with Crippen LogP contribution in [0, 0.1) is 5.41 Å². The molecule has 1 aliphatic rings. The number of nitrogens with one attached hydrogen (secondary N) is 2. The SMILES string of the molecule is Cl.Cn1ccnc1C1CNCCN1C(=O)CNC(=O)CC(C)(C)C. The third-order valence-electron chi connectivity index (χ3n) is 3.85. The quantitative estimate of drug-likeness (QED) is 0.838. The van der Waals surface area contributed by atoms with Gasteiger partial charge < -0.3 is 20.1 Å². The molecule has 0 radical (unpaired) electrons. The van der Waals surface area contributed by atoms with E-state index in [1.54, 1.807) is 11.1 Å². The molecule has 1 atom stereocenters. The Balaban J connectivity index is 0.00000288. The Morgan fingerprint density at radius 2 is 2.12 bits per heavy atom. The van der Waals surface area contributed by atoms with Crippen molar-refractivity contribution < 1.29 is 9.59 Å². The van der Waals surface area contributed by atoms with E-state index in [4.69, 9.17) is 0 Å².